The molecule has 3 atom stereocenters. The van der Waals surface area contributed by atoms with E-state index in [-0.39, 0.29) is 19.6 Å². The van der Waals surface area contributed by atoms with Crippen molar-refractivity contribution in [2.45, 2.75) is 45.3 Å². The van der Waals surface area contributed by atoms with Crippen LogP contribution in [-0.4, -0.2) is 50.3 Å². The second-order valence-corrected chi connectivity index (χ2v) is 5.84. The van der Waals surface area contributed by atoms with Gasteiger partial charge in [-0.1, -0.05) is 18.2 Å². The van der Waals surface area contributed by atoms with E-state index >= 15 is 0 Å². The van der Waals surface area contributed by atoms with Gasteiger partial charge in [-0.05, 0) is 18.2 Å². The second-order valence-electron chi connectivity index (χ2n) is 5.84. The van der Waals surface area contributed by atoms with Crippen molar-refractivity contribution in [2.24, 2.45) is 0 Å². The van der Waals surface area contributed by atoms with E-state index in [0.29, 0.717) is 12.0 Å². The van der Waals surface area contributed by atoms with Gasteiger partial charge in [0.15, 0.2) is 12.3 Å². The molecular formula is C20H25FO7. The fraction of sp³-hybridized carbons (Fsp3) is 0.450. The molecule has 1 aromatic carbocycles. The molecule has 1 aromatic rings. The molecule has 0 aliphatic rings. The van der Waals surface area contributed by atoms with E-state index in [1.165, 1.54) is 0 Å². The summed E-state index contributed by atoms with van der Waals surface area (Å²) < 4.78 is 35.5. The molecule has 0 saturated heterocycles. The number of rotatable bonds is 12. The Labute approximate surface area is 163 Å². The van der Waals surface area contributed by atoms with E-state index in [9.17, 15) is 18.8 Å². The fourth-order valence-corrected chi connectivity index (χ4v) is 2.47. The maximum absolute atomic E-state index is 14.8. The highest BCUT2D eigenvalue weighted by molar-refractivity contribution is 5.68. The van der Waals surface area contributed by atoms with Crippen LogP contribution < -0.4 is 4.74 Å². The Morgan fingerprint density at radius 3 is 2.43 bits per heavy atom. The third kappa shape index (κ3) is 8.30. The topological polar surface area (TPSA) is 88.1 Å². The summed E-state index contributed by atoms with van der Waals surface area (Å²) in [5.41, 5.74) is 0.817. The van der Waals surface area contributed by atoms with Crippen LogP contribution >= 0.6 is 0 Å². The van der Waals surface area contributed by atoms with Crippen molar-refractivity contribution in [3.8, 4) is 5.75 Å². The number of methoxy groups -OCH3 is 1. The fourth-order valence-electron chi connectivity index (χ4n) is 2.47. The Bertz CT molecular complexity index is 674. The maximum atomic E-state index is 14.8. The Kier molecular flexibility index (Phi) is 10.5. The van der Waals surface area contributed by atoms with Crippen molar-refractivity contribution in [3.63, 3.8) is 0 Å². The summed E-state index contributed by atoms with van der Waals surface area (Å²) in [4.78, 5) is 33.0. The smallest absolute Gasteiger partial charge is 0.303 e. The number of alkyl halides is 1. The van der Waals surface area contributed by atoms with E-state index in [1.807, 2.05) is 18.2 Å². The number of aldehydes is 1. The average molecular weight is 396 g/mol. The van der Waals surface area contributed by atoms with Gasteiger partial charge in [0.1, 0.15) is 18.1 Å². The molecule has 8 heteroatoms. The van der Waals surface area contributed by atoms with Crippen LogP contribution in [0.4, 0.5) is 4.39 Å². The third-order valence-electron chi connectivity index (χ3n) is 3.66. The number of carbonyl (C=O) groups is 3. The van der Waals surface area contributed by atoms with E-state index in [0.717, 1.165) is 31.6 Å². The molecular weight excluding hydrogens is 371 g/mol. The first-order valence-electron chi connectivity index (χ1n) is 8.69. The summed E-state index contributed by atoms with van der Waals surface area (Å²) in [6.45, 7) is 2.58. The van der Waals surface area contributed by atoms with Crippen LogP contribution in [0.5, 0.6) is 5.75 Å². The molecule has 0 fully saturated rings. The highest BCUT2D eigenvalue weighted by Crippen LogP contribution is 2.20. The molecule has 0 heterocycles. The summed E-state index contributed by atoms with van der Waals surface area (Å²) in [5, 5.41) is 0. The monoisotopic (exact) mass is 396 g/mol. The molecule has 0 unspecified atom stereocenters. The Balaban J connectivity index is 2.72. The van der Waals surface area contributed by atoms with Crippen LogP contribution in [0.15, 0.2) is 36.4 Å². The lowest BCUT2D eigenvalue weighted by Crippen LogP contribution is -2.39. The Morgan fingerprint density at radius 1 is 1.14 bits per heavy atom. The first kappa shape index (κ1) is 23.3. The molecule has 0 amide bonds. The highest BCUT2D eigenvalue weighted by atomic mass is 19.1. The lowest BCUT2D eigenvalue weighted by molar-refractivity contribution is -0.159. The van der Waals surface area contributed by atoms with Crippen LogP contribution in [0.25, 0.3) is 0 Å². The zero-order valence-electron chi connectivity index (χ0n) is 16.1. The summed E-state index contributed by atoms with van der Waals surface area (Å²) in [6, 6.07) is 7.29. The number of hydrogen-bond donors (Lipinski definition) is 0. The summed E-state index contributed by atoms with van der Waals surface area (Å²) in [5.74, 6) is -0.744. The molecule has 0 aliphatic carbocycles. The molecule has 0 saturated carbocycles. The SMILES string of the molecule is COc1ccccc1COCC[C@H](OC(C)=O)[C@H](F)[C@H](/C=C/C=O)OC(C)=O. The highest BCUT2D eigenvalue weighted by Gasteiger charge is 2.32. The molecule has 0 aliphatic heterocycles. The molecule has 0 spiro atoms. The standard InChI is InChI=1S/C20H25FO7/c1-14(23)27-18(9-6-11-22)20(21)19(28-15(2)24)10-12-26-13-16-7-4-5-8-17(16)25-3/h4-9,11,18-20H,10,12-13H2,1-3H3/b9-6+/t18-,19-,20+/m0/s1. The number of para-hydroxylation sites is 1. The number of benzene rings is 1. The Morgan fingerprint density at radius 2 is 1.82 bits per heavy atom. The van der Waals surface area contributed by atoms with Gasteiger partial charge in [-0.25, -0.2) is 4.39 Å². The van der Waals surface area contributed by atoms with E-state index in [2.05, 4.69) is 0 Å². The zero-order chi connectivity index (χ0) is 20.9. The lowest BCUT2D eigenvalue weighted by Gasteiger charge is -2.25. The predicted octanol–water partition coefficient (Wildman–Crippen LogP) is 2.56. The van der Waals surface area contributed by atoms with Crippen LogP contribution in [-0.2, 0) is 35.2 Å². The molecule has 0 N–H and O–H groups in total. The van der Waals surface area contributed by atoms with E-state index in [4.69, 9.17) is 18.9 Å². The second kappa shape index (κ2) is 12.6. The van der Waals surface area contributed by atoms with Gasteiger partial charge < -0.3 is 18.9 Å². The van der Waals surface area contributed by atoms with Crippen LogP contribution in [0, 0.1) is 0 Å². The number of allylic oxidation sites excluding steroid dienone is 1. The van der Waals surface area contributed by atoms with Crippen LogP contribution in [0.3, 0.4) is 0 Å². The Hall–Kier alpha value is -2.74. The number of esters is 2. The first-order valence-corrected chi connectivity index (χ1v) is 8.69. The van der Waals surface area contributed by atoms with Gasteiger partial charge in [0.25, 0.3) is 0 Å². The minimum atomic E-state index is -1.86. The molecule has 7 nitrogen and oxygen atoms in total. The van der Waals surface area contributed by atoms with Crippen LogP contribution in [0.1, 0.15) is 25.8 Å². The zero-order valence-corrected chi connectivity index (χ0v) is 16.1. The lowest BCUT2D eigenvalue weighted by atomic mass is 10.1. The minimum Gasteiger partial charge on any atom is -0.496 e. The predicted molar refractivity (Wildman–Crippen MR) is 98.5 cm³/mol. The average Bonchev–Trinajstić information content (AvgIpc) is 2.66. The van der Waals surface area contributed by atoms with E-state index < -0.39 is 30.3 Å². The van der Waals surface area contributed by atoms with Crippen molar-refractivity contribution in [3.05, 3.63) is 42.0 Å². The van der Waals surface area contributed by atoms with Gasteiger partial charge >= 0.3 is 11.9 Å². The molecule has 154 valence electrons. The van der Waals surface area contributed by atoms with Gasteiger partial charge in [-0.2, -0.15) is 0 Å². The summed E-state index contributed by atoms with van der Waals surface area (Å²) in [7, 11) is 1.55. The van der Waals surface area contributed by atoms with Gasteiger partial charge in [-0.3, -0.25) is 14.4 Å². The van der Waals surface area contributed by atoms with Crippen molar-refractivity contribution < 1.29 is 37.7 Å². The number of ether oxygens (including phenoxy) is 4. The molecule has 0 aromatic heterocycles. The van der Waals surface area contributed by atoms with Gasteiger partial charge in [0.2, 0.25) is 0 Å². The van der Waals surface area contributed by atoms with E-state index in [1.54, 1.807) is 13.2 Å². The van der Waals surface area contributed by atoms with Crippen molar-refractivity contribution >= 4 is 18.2 Å². The van der Waals surface area contributed by atoms with Gasteiger partial charge in [0.05, 0.1) is 20.3 Å². The quantitative estimate of drug-likeness (QED) is 0.232. The largest absolute Gasteiger partial charge is 0.496 e. The number of carbonyl (C=O) groups excluding carboxylic acids is 3. The van der Waals surface area contributed by atoms with Crippen molar-refractivity contribution in [1.29, 1.82) is 0 Å². The molecule has 0 bridgehead atoms. The molecule has 1 rings (SSSR count). The van der Waals surface area contributed by atoms with Gasteiger partial charge in [0, 0.05) is 25.8 Å². The summed E-state index contributed by atoms with van der Waals surface area (Å²) >= 11 is 0. The summed E-state index contributed by atoms with van der Waals surface area (Å²) in [6.07, 6.45) is -1.85. The maximum Gasteiger partial charge on any atom is 0.303 e. The minimum absolute atomic E-state index is 0.0303. The normalized spacial score (nSPS) is 14.1. The third-order valence-corrected chi connectivity index (χ3v) is 3.66. The number of halogens is 1. The van der Waals surface area contributed by atoms with Crippen molar-refractivity contribution in [2.75, 3.05) is 13.7 Å². The number of hydrogen-bond acceptors (Lipinski definition) is 7. The van der Waals surface area contributed by atoms with Crippen molar-refractivity contribution in [1.82, 2.24) is 0 Å². The molecule has 0 radical (unpaired) electrons. The first-order chi connectivity index (χ1) is 13.4. The van der Waals surface area contributed by atoms with Crippen LogP contribution in [0.2, 0.25) is 0 Å². The molecule has 28 heavy (non-hydrogen) atoms. The van der Waals surface area contributed by atoms with Gasteiger partial charge in [-0.15, -0.1) is 0 Å².